The molecule has 1 aliphatic carbocycles. The van der Waals surface area contributed by atoms with E-state index in [1.54, 1.807) is 7.11 Å². The third kappa shape index (κ3) is 4.36. The molecule has 1 aromatic carbocycles. The highest BCUT2D eigenvalue weighted by atomic mass is 16.5. The van der Waals surface area contributed by atoms with Crippen LogP contribution < -0.4 is 15.4 Å². The zero-order valence-corrected chi connectivity index (χ0v) is 15.6. The van der Waals surface area contributed by atoms with Gasteiger partial charge < -0.3 is 15.4 Å². The lowest BCUT2D eigenvalue weighted by Gasteiger charge is -2.23. The molecule has 0 saturated heterocycles. The zero-order chi connectivity index (χ0) is 18.4. The molecule has 0 atom stereocenters. The molecule has 2 amide bonds. The van der Waals surface area contributed by atoms with Crippen molar-refractivity contribution in [2.45, 2.75) is 57.9 Å². The number of nitrogens with one attached hydrogen (secondary N) is 3. The van der Waals surface area contributed by atoms with Crippen molar-refractivity contribution in [3.05, 3.63) is 30.0 Å². The maximum Gasteiger partial charge on any atom is 0.319 e. The second-order valence-corrected chi connectivity index (χ2v) is 6.84. The van der Waals surface area contributed by atoms with Crippen LogP contribution in [0.5, 0.6) is 5.75 Å². The molecule has 140 valence electrons. The number of hydrogen-bond acceptors (Lipinski definition) is 3. The van der Waals surface area contributed by atoms with E-state index in [0.29, 0.717) is 0 Å². The summed E-state index contributed by atoms with van der Waals surface area (Å²) < 4.78 is 5.31. The largest absolute Gasteiger partial charge is 0.497 e. The summed E-state index contributed by atoms with van der Waals surface area (Å²) in [4.78, 5) is 12.6. The minimum absolute atomic E-state index is 0.153. The number of aromatic amines is 1. The Balaban J connectivity index is 1.81. The maximum atomic E-state index is 12.6. The molecule has 0 spiro atoms. The van der Waals surface area contributed by atoms with Crippen molar-refractivity contribution in [3.63, 3.8) is 0 Å². The van der Waals surface area contributed by atoms with Gasteiger partial charge >= 0.3 is 6.03 Å². The van der Waals surface area contributed by atoms with Crippen LogP contribution in [0.25, 0.3) is 11.3 Å². The molecule has 1 aromatic heterocycles. The Morgan fingerprint density at radius 1 is 1.31 bits per heavy atom. The van der Waals surface area contributed by atoms with Crippen molar-refractivity contribution in [2.24, 2.45) is 0 Å². The van der Waals surface area contributed by atoms with E-state index in [1.807, 2.05) is 24.3 Å². The fourth-order valence-corrected chi connectivity index (χ4v) is 3.50. The molecule has 1 aliphatic rings. The van der Waals surface area contributed by atoms with Gasteiger partial charge in [-0.05, 0) is 31.4 Å². The van der Waals surface area contributed by atoms with Gasteiger partial charge in [0.25, 0.3) is 0 Å². The van der Waals surface area contributed by atoms with Crippen LogP contribution in [0.4, 0.5) is 10.5 Å². The predicted octanol–water partition coefficient (Wildman–Crippen LogP) is 4.49. The van der Waals surface area contributed by atoms with Crippen molar-refractivity contribution >= 4 is 11.7 Å². The smallest absolute Gasteiger partial charge is 0.319 e. The van der Waals surface area contributed by atoms with Crippen LogP contribution in [0.3, 0.4) is 0 Å². The summed E-state index contributed by atoms with van der Waals surface area (Å²) in [5.74, 6) is 0.764. The molecule has 6 heteroatoms. The number of aryl methyl sites for hydroxylation is 1. The molecule has 1 fully saturated rings. The summed E-state index contributed by atoms with van der Waals surface area (Å²) in [7, 11) is 1.64. The fraction of sp³-hybridized carbons (Fsp3) is 0.500. The van der Waals surface area contributed by atoms with E-state index in [0.717, 1.165) is 54.1 Å². The van der Waals surface area contributed by atoms with Crippen LogP contribution in [0.1, 0.15) is 51.1 Å². The Hall–Kier alpha value is -2.50. The number of ether oxygens (including phenoxy) is 1. The van der Waals surface area contributed by atoms with Gasteiger partial charge in [0, 0.05) is 11.6 Å². The number of aromatic nitrogens is 2. The lowest BCUT2D eigenvalue weighted by Crippen LogP contribution is -2.39. The molecular weight excluding hydrogens is 328 g/mol. The van der Waals surface area contributed by atoms with Crippen LogP contribution >= 0.6 is 0 Å². The topological polar surface area (TPSA) is 79.0 Å². The summed E-state index contributed by atoms with van der Waals surface area (Å²) in [6.07, 6.45) is 7.56. The van der Waals surface area contributed by atoms with Crippen LogP contribution in [-0.2, 0) is 6.42 Å². The zero-order valence-electron chi connectivity index (χ0n) is 15.6. The van der Waals surface area contributed by atoms with Gasteiger partial charge in [0.05, 0.1) is 18.5 Å². The first kappa shape index (κ1) is 18.3. The number of nitrogens with zero attached hydrogens (tertiary/aromatic N) is 1. The third-order valence-electron chi connectivity index (χ3n) is 4.86. The first-order valence-corrected chi connectivity index (χ1v) is 9.50. The van der Waals surface area contributed by atoms with Gasteiger partial charge in [-0.3, -0.25) is 5.10 Å². The average molecular weight is 356 g/mol. The molecule has 1 saturated carbocycles. The number of hydrogen-bond donors (Lipinski definition) is 3. The molecule has 0 aliphatic heterocycles. The molecule has 0 bridgehead atoms. The van der Waals surface area contributed by atoms with Gasteiger partial charge in [0.15, 0.2) is 0 Å². The molecule has 3 N–H and O–H groups in total. The highest BCUT2D eigenvalue weighted by Gasteiger charge is 2.20. The van der Waals surface area contributed by atoms with Crippen molar-refractivity contribution in [1.29, 1.82) is 0 Å². The van der Waals surface area contributed by atoms with E-state index < -0.39 is 0 Å². The van der Waals surface area contributed by atoms with Crippen LogP contribution in [-0.4, -0.2) is 29.4 Å². The number of carbonyl (C=O) groups is 1. The second kappa shape index (κ2) is 8.74. The molecule has 1 heterocycles. The van der Waals surface area contributed by atoms with Crippen molar-refractivity contribution in [3.8, 4) is 17.0 Å². The number of amides is 2. The minimum atomic E-state index is -0.153. The standard InChI is InChI=1S/C20H28N4O2/c1-3-8-17-19(22-20(25)21-15-10-5-4-6-11-15)18(24-23-17)14-9-7-12-16(13-14)26-2/h7,9,12-13,15H,3-6,8,10-11H2,1-2H3,(H,23,24)(H2,21,22,25). The van der Waals surface area contributed by atoms with Gasteiger partial charge in [-0.25, -0.2) is 4.79 Å². The van der Waals surface area contributed by atoms with Gasteiger partial charge in [-0.1, -0.05) is 44.7 Å². The molecule has 2 aromatic rings. The number of carbonyl (C=O) groups excluding carboxylic acids is 1. The van der Waals surface area contributed by atoms with Crippen LogP contribution in [0.15, 0.2) is 24.3 Å². The number of urea groups is 1. The summed E-state index contributed by atoms with van der Waals surface area (Å²) in [5, 5.41) is 13.7. The predicted molar refractivity (Wildman–Crippen MR) is 104 cm³/mol. The van der Waals surface area contributed by atoms with Crippen LogP contribution in [0.2, 0.25) is 0 Å². The molecule has 0 radical (unpaired) electrons. The molecule has 6 nitrogen and oxygen atoms in total. The van der Waals surface area contributed by atoms with E-state index in [1.165, 1.54) is 19.3 Å². The number of methoxy groups -OCH3 is 1. The Bertz CT molecular complexity index is 735. The number of anilines is 1. The highest BCUT2D eigenvalue weighted by Crippen LogP contribution is 2.31. The van der Waals surface area contributed by atoms with E-state index in [2.05, 4.69) is 27.8 Å². The van der Waals surface area contributed by atoms with E-state index in [9.17, 15) is 4.79 Å². The van der Waals surface area contributed by atoms with Crippen molar-refractivity contribution in [1.82, 2.24) is 15.5 Å². The summed E-state index contributed by atoms with van der Waals surface area (Å²) >= 11 is 0. The third-order valence-corrected chi connectivity index (χ3v) is 4.86. The van der Waals surface area contributed by atoms with Crippen LogP contribution in [0, 0.1) is 0 Å². The lowest BCUT2D eigenvalue weighted by molar-refractivity contribution is 0.244. The SMILES string of the molecule is CCCc1[nH]nc(-c2cccc(OC)c2)c1NC(=O)NC1CCCCC1. The quantitative estimate of drug-likeness (QED) is 0.713. The maximum absolute atomic E-state index is 12.6. The first-order valence-electron chi connectivity index (χ1n) is 9.50. The van der Waals surface area contributed by atoms with Crippen molar-refractivity contribution in [2.75, 3.05) is 12.4 Å². The number of benzene rings is 1. The Kier molecular flexibility index (Phi) is 6.15. The number of H-pyrrole nitrogens is 1. The van der Waals surface area contributed by atoms with E-state index in [4.69, 9.17) is 4.74 Å². The van der Waals surface area contributed by atoms with Gasteiger partial charge in [-0.15, -0.1) is 0 Å². The Morgan fingerprint density at radius 3 is 2.85 bits per heavy atom. The fourth-order valence-electron chi connectivity index (χ4n) is 3.50. The number of rotatable bonds is 6. The van der Waals surface area contributed by atoms with Gasteiger partial charge in [0.2, 0.25) is 0 Å². The summed E-state index contributed by atoms with van der Waals surface area (Å²) in [6, 6.07) is 7.83. The monoisotopic (exact) mass is 356 g/mol. The Labute approximate surface area is 154 Å². The molecular formula is C20H28N4O2. The van der Waals surface area contributed by atoms with E-state index in [-0.39, 0.29) is 12.1 Å². The normalized spacial score (nSPS) is 14.8. The highest BCUT2D eigenvalue weighted by molar-refractivity contribution is 5.94. The van der Waals surface area contributed by atoms with Crippen molar-refractivity contribution < 1.29 is 9.53 Å². The average Bonchev–Trinajstić information content (AvgIpc) is 3.05. The Morgan fingerprint density at radius 2 is 2.12 bits per heavy atom. The molecule has 0 unspecified atom stereocenters. The summed E-state index contributed by atoms with van der Waals surface area (Å²) in [6.45, 7) is 2.11. The minimum Gasteiger partial charge on any atom is -0.497 e. The lowest BCUT2D eigenvalue weighted by atomic mass is 9.96. The van der Waals surface area contributed by atoms with Gasteiger partial charge in [0.1, 0.15) is 11.4 Å². The second-order valence-electron chi connectivity index (χ2n) is 6.84. The molecule has 26 heavy (non-hydrogen) atoms. The summed E-state index contributed by atoms with van der Waals surface area (Å²) in [5.41, 5.74) is 3.36. The first-order chi connectivity index (χ1) is 12.7. The molecule has 3 rings (SSSR count). The van der Waals surface area contributed by atoms with E-state index >= 15 is 0 Å². The van der Waals surface area contributed by atoms with Gasteiger partial charge in [-0.2, -0.15) is 5.10 Å².